The van der Waals surface area contributed by atoms with Crippen LogP contribution >= 0.6 is 23.4 Å². The molecule has 1 rings (SSSR count). The average molecular weight is 344 g/mol. The molecule has 124 valence electrons. The lowest BCUT2D eigenvalue weighted by Gasteiger charge is -2.25. The summed E-state index contributed by atoms with van der Waals surface area (Å²) in [5, 5.41) is 3.58. The molecule has 0 saturated heterocycles. The van der Waals surface area contributed by atoms with E-state index >= 15 is 0 Å². The number of amides is 1. The van der Waals surface area contributed by atoms with Crippen LogP contribution in [0.5, 0.6) is 5.75 Å². The Morgan fingerprint density at radius 1 is 1.18 bits per heavy atom. The summed E-state index contributed by atoms with van der Waals surface area (Å²) in [7, 11) is 0. The van der Waals surface area contributed by atoms with Crippen molar-refractivity contribution in [2.45, 2.75) is 51.4 Å². The van der Waals surface area contributed by atoms with Crippen LogP contribution in [0.2, 0.25) is 5.02 Å². The van der Waals surface area contributed by atoms with Gasteiger partial charge in [-0.3, -0.25) is 4.79 Å². The maximum absolute atomic E-state index is 12.2. The molecule has 0 fully saturated rings. The van der Waals surface area contributed by atoms with Gasteiger partial charge in [0.25, 0.3) is 5.91 Å². The number of halogens is 1. The molecule has 0 saturated carbocycles. The summed E-state index contributed by atoms with van der Waals surface area (Å²) >= 11 is 7.74. The van der Waals surface area contributed by atoms with Crippen molar-refractivity contribution in [2.75, 3.05) is 12.3 Å². The number of thioether (sulfide) groups is 1. The molecule has 0 radical (unpaired) electrons. The Labute approximate surface area is 143 Å². The molecule has 0 bridgehead atoms. The molecule has 0 aliphatic carbocycles. The Morgan fingerprint density at radius 2 is 1.77 bits per heavy atom. The number of hydrogen-bond donors (Lipinski definition) is 1. The van der Waals surface area contributed by atoms with Gasteiger partial charge in [-0.25, -0.2) is 0 Å². The first-order valence-electron chi connectivity index (χ1n) is 7.47. The van der Waals surface area contributed by atoms with Gasteiger partial charge in [-0.2, -0.15) is 11.8 Å². The Balaban J connectivity index is 2.38. The molecule has 0 aromatic heterocycles. The molecular formula is C17H26ClNO2S. The molecule has 1 N–H and O–H groups in total. The van der Waals surface area contributed by atoms with Crippen molar-refractivity contribution >= 4 is 29.3 Å². The van der Waals surface area contributed by atoms with Gasteiger partial charge in [-0.1, -0.05) is 32.4 Å². The molecule has 5 heteroatoms. The van der Waals surface area contributed by atoms with Crippen molar-refractivity contribution in [3.8, 4) is 5.75 Å². The highest BCUT2D eigenvalue weighted by Crippen LogP contribution is 2.23. The van der Waals surface area contributed by atoms with E-state index in [2.05, 4.69) is 26.1 Å². The summed E-state index contributed by atoms with van der Waals surface area (Å²) in [6.07, 6.45) is 0.949. The topological polar surface area (TPSA) is 38.3 Å². The predicted molar refractivity (Wildman–Crippen MR) is 96.0 cm³/mol. The zero-order valence-corrected chi connectivity index (χ0v) is 15.6. The minimum atomic E-state index is -0.912. The number of carbonyl (C=O) groups excluding carboxylic acids is 1. The fraction of sp³-hybridized carbons (Fsp3) is 0.588. The number of carbonyl (C=O) groups is 1. The van der Waals surface area contributed by atoms with Crippen LogP contribution < -0.4 is 10.1 Å². The summed E-state index contributed by atoms with van der Waals surface area (Å²) in [4.78, 5) is 12.2. The minimum Gasteiger partial charge on any atom is -0.478 e. The van der Waals surface area contributed by atoms with Crippen molar-refractivity contribution < 1.29 is 9.53 Å². The Bertz CT molecular complexity index is 480. The predicted octanol–water partition coefficient (Wildman–Crippen LogP) is 4.54. The molecule has 3 nitrogen and oxygen atoms in total. The Kier molecular flexibility index (Phi) is 7.07. The van der Waals surface area contributed by atoms with Crippen molar-refractivity contribution in [3.05, 3.63) is 29.3 Å². The van der Waals surface area contributed by atoms with Gasteiger partial charge in [-0.15, -0.1) is 0 Å². The van der Waals surface area contributed by atoms with Gasteiger partial charge in [0.05, 0.1) is 0 Å². The van der Waals surface area contributed by atoms with Gasteiger partial charge in [0.15, 0.2) is 5.60 Å². The van der Waals surface area contributed by atoms with Crippen LogP contribution in [0.4, 0.5) is 0 Å². The maximum atomic E-state index is 12.2. The standard InChI is InChI=1S/C17H26ClNO2S/c1-16(2,3)22-12-6-11-19-15(20)17(4,5)21-14-9-7-13(18)8-10-14/h7-10H,6,11-12H2,1-5H3,(H,19,20). The highest BCUT2D eigenvalue weighted by atomic mass is 35.5. The van der Waals surface area contributed by atoms with E-state index in [-0.39, 0.29) is 10.7 Å². The van der Waals surface area contributed by atoms with Crippen molar-refractivity contribution in [1.82, 2.24) is 5.32 Å². The minimum absolute atomic E-state index is 0.108. The molecule has 0 spiro atoms. The monoisotopic (exact) mass is 343 g/mol. The molecule has 22 heavy (non-hydrogen) atoms. The molecule has 1 aromatic carbocycles. The summed E-state index contributed by atoms with van der Waals surface area (Å²) in [5.41, 5.74) is -0.912. The second kappa shape index (κ2) is 8.11. The smallest absolute Gasteiger partial charge is 0.263 e. The highest BCUT2D eigenvalue weighted by molar-refractivity contribution is 8.00. The zero-order valence-electron chi connectivity index (χ0n) is 14.0. The molecule has 1 aromatic rings. The fourth-order valence-corrected chi connectivity index (χ4v) is 2.74. The zero-order chi connectivity index (χ0) is 16.8. The third-order valence-electron chi connectivity index (χ3n) is 2.88. The highest BCUT2D eigenvalue weighted by Gasteiger charge is 2.29. The first-order valence-corrected chi connectivity index (χ1v) is 8.83. The van der Waals surface area contributed by atoms with Gasteiger partial charge in [0.1, 0.15) is 5.75 Å². The molecule has 0 unspecified atom stereocenters. The normalized spacial score (nSPS) is 12.1. The van der Waals surface area contributed by atoms with E-state index in [4.69, 9.17) is 16.3 Å². The van der Waals surface area contributed by atoms with Crippen molar-refractivity contribution in [2.24, 2.45) is 0 Å². The summed E-state index contributed by atoms with van der Waals surface area (Å²) in [6, 6.07) is 7.01. The number of nitrogens with one attached hydrogen (secondary N) is 1. The van der Waals surface area contributed by atoms with E-state index in [1.165, 1.54) is 0 Å². The lowest BCUT2D eigenvalue weighted by molar-refractivity contribution is -0.134. The largest absolute Gasteiger partial charge is 0.478 e. The second-order valence-corrected chi connectivity index (χ2v) is 8.99. The summed E-state index contributed by atoms with van der Waals surface area (Å²) < 4.78 is 6.02. The van der Waals surface area contributed by atoms with E-state index in [1.54, 1.807) is 38.1 Å². The number of benzene rings is 1. The average Bonchev–Trinajstić information content (AvgIpc) is 2.39. The first kappa shape index (κ1) is 19.2. The van der Waals surface area contributed by atoms with E-state index in [9.17, 15) is 4.79 Å². The third kappa shape index (κ3) is 7.41. The van der Waals surface area contributed by atoms with Gasteiger partial charge in [0, 0.05) is 16.3 Å². The number of ether oxygens (including phenoxy) is 1. The molecular weight excluding hydrogens is 318 g/mol. The third-order valence-corrected chi connectivity index (χ3v) is 4.49. The quantitative estimate of drug-likeness (QED) is 0.739. The van der Waals surface area contributed by atoms with E-state index < -0.39 is 5.60 Å². The lowest BCUT2D eigenvalue weighted by Crippen LogP contribution is -2.46. The van der Waals surface area contributed by atoms with Crippen LogP contribution in [-0.2, 0) is 4.79 Å². The number of rotatable bonds is 7. The molecule has 0 atom stereocenters. The van der Waals surface area contributed by atoms with E-state index in [1.807, 2.05) is 11.8 Å². The van der Waals surface area contributed by atoms with Gasteiger partial charge >= 0.3 is 0 Å². The van der Waals surface area contributed by atoms with Gasteiger partial charge in [-0.05, 0) is 50.3 Å². The molecule has 1 amide bonds. The van der Waals surface area contributed by atoms with Crippen LogP contribution in [0.3, 0.4) is 0 Å². The van der Waals surface area contributed by atoms with Gasteiger partial charge < -0.3 is 10.1 Å². The molecule has 0 heterocycles. The van der Waals surface area contributed by atoms with Crippen LogP contribution in [0.15, 0.2) is 24.3 Å². The fourth-order valence-electron chi connectivity index (χ4n) is 1.71. The Morgan fingerprint density at radius 3 is 2.32 bits per heavy atom. The van der Waals surface area contributed by atoms with Crippen molar-refractivity contribution in [1.29, 1.82) is 0 Å². The van der Waals surface area contributed by atoms with Gasteiger partial charge in [0.2, 0.25) is 0 Å². The second-order valence-electron chi connectivity index (χ2n) is 6.64. The molecule has 0 aliphatic rings. The summed E-state index contributed by atoms with van der Waals surface area (Å²) in [6.45, 7) is 10.8. The van der Waals surface area contributed by atoms with Crippen molar-refractivity contribution in [3.63, 3.8) is 0 Å². The molecule has 0 aliphatic heterocycles. The Hall–Kier alpha value is -0.870. The van der Waals surface area contributed by atoms with Crippen LogP contribution in [-0.4, -0.2) is 28.6 Å². The van der Waals surface area contributed by atoms with E-state index in [0.29, 0.717) is 17.3 Å². The first-order chi connectivity index (χ1) is 10.1. The van der Waals surface area contributed by atoms with Crippen LogP contribution in [0.25, 0.3) is 0 Å². The maximum Gasteiger partial charge on any atom is 0.263 e. The van der Waals surface area contributed by atoms with Crippen LogP contribution in [0, 0.1) is 0 Å². The lowest BCUT2D eigenvalue weighted by atomic mass is 10.1. The van der Waals surface area contributed by atoms with E-state index in [0.717, 1.165) is 12.2 Å². The SMILES string of the molecule is CC(C)(C)SCCCNC(=O)C(C)(C)Oc1ccc(Cl)cc1. The summed E-state index contributed by atoms with van der Waals surface area (Å²) in [5.74, 6) is 1.55. The number of hydrogen-bond acceptors (Lipinski definition) is 3. The van der Waals surface area contributed by atoms with Crippen LogP contribution in [0.1, 0.15) is 41.0 Å².